The highest BCUT2D eigenvalue weighted by molar-refractivity contribution is 7.15. The molecule has 3 aromatic heterocycles. The van der Waals surface area contributed by atoms with Crippen LogP contribution in [-0.2, 0) is 11.3 Å². The molecule has 4 rings (SSSR count). The van der Waals surface area contributed by atoms with Crippen LogP contribution in [0.1, 0.15) is 10.6 Å². The molecular weight excluding hydrogens is 407 g/mol. The molecular formula is C21H17FN4O3S. The minimum atomic E-state index is -0.453. The number of hydrogen-bond acceptors (Lipinski definition) is 6. The molecule has 4 aromatic rings. The van der Waals surface area contributed by atoms with E-state index in [-0.39, 0.29) is 6.54 Å². The summed E-state index contributed by atoms with van der Waals surface area (Å²) in [5.41, 5.74) is 1.69. The van der Waals surface area contributed by atoms with E-state index in [4.69, 9.17) is 4.52 Å². The molecule has 0 fully saturated rings. The van der Waals surface area contributed by atoms with Crippen molar-refractivity contribution in [1.82, 2.24) is 14.9 Å². The Balaban J connectivity index is 1.69. The predicted molar refractivity (Wildman–Crippen MR) is 112 cm³/mol. The zero-order chi connectivity index (χ0) is 21.3. The first-order valence-corrected chi connectivity index (χ1v) is 9.89. The Morgan fingerprint density at radius 3 is 2.57 bits per heavy atom. The Morgan fingerprint density at radius 2 is 1.93 bits per heavy atom. The van der Waals surface area contributed by atoms with E-state index in [1.807, 2.05) is 19.1 Å². The van der Waals surface area contributed by atoms with Crippen LogP contribution in [0.25, 0.3) is 21.9 Å². The normalized spacial score (nSPS) is 10.9. The van der Waals surface area contributed by atoms with Crippen LogP contribution >= 0.6 is 11.3 Å². The molecule has 0 radical (unpaired) electrons. The van der Waals surface area contributed by atoms with Gasteiger partial charge in [0.25, 0.3) is 5.56 Å². The summed E-state index contributed by atoms with van der Waals surface area (Å²) < 4.78 is 19.5. The van der Waals surface area contributed by atoms with Crippen molar-refractivity contribution in [2.75, 3.05) is 5.32 Å². The minimum Gasteiger partial charge on any atom is -0.356 e. The highest BCUT2D eigenvalue weighted by Gasteiger charge is 2.18. The number of carbonyl (C=O) groups is 1. The first-order valence-electron chi connectivity index (χ1n) is 9.07. The third kappa shape index (κ3) is 4.20. The van der Waals surface area contributed by atoms with Crippen molar-refractivity contribution < 1.29 is 13.7 Å². The lowest BCUT2D eigenvalue weighted by Crippen LogP contribution is -2.29. The SMILES string of the molecule is Cc1cc(-c2cc(=O)n(CC(=O)Nc3ccc(F)cc3)nc2-c2ccc(C)s2)on1. The van der Waals surface area contributed by atoms with E-state index in [1.165, 1.54) is 41.7 Å². The fraction of sp³-hybridized carbons (Fsp3) is 0.143. The van der Waals surface area contributed by atoms with Crippen molar-refractivity contribution >= 4 is 22.9 Å². The van der Waals surface area contributed by atoms with Gasteiger partial charge in [-0.3, -0.25) is 9.59 Å². The zero-order valence-electron chi connectivity index (χ0n) is 16.2. The van der Waals surface area contributed by atoms with E-state index >= 15 is 0 Å². The molecule has 7 nitrogen and oxygen atoms in total. The number of halogens is 1. The van der Waals surface area contributed by atoms with Crippen LogP contribution in [0.2, 0.25) is 0 Å². The monoisotopic (exact) mass is 424 g/mol. The molecule has 9 heteroatoms. The van der Waals surface area contributed by atoms with Crippen LogP contribution in [0.4, 0.5) is 10.1 Å². The lowest BCUT2D eigenvalue weighted by Gasteiger charge is -2.10. The second-order valence-corrected chi connectivity index (χ2v) is 7.99. The van der Waals surface area contributed by atoms with E-state index in [0.717, 1.165) is 14.4 Å². The molecule has 0 saturated carbocycles. The van der Waals surface area contributed by atoms with Gasteiger partial charge in [0.15, 0.2) is 5.76 Å². The maximum Gasteiger partial charge on any atom is 0.268 e. The third-order valence-electron chi connectivity index (χ3n) is 4.29. The van der Waals surface area contributed by atoms with Crippen molar-refractivity contribution in [3.8, 4) is 21.9 Å². The average molecular weight is 424 g/mol. The number of hydrogen-bond donors (Lipinski definition) is 1. The summed E-state index contributed by atoms with van der Waals surface area (Å²) in [6, 6.07) is 12.3. The van der Waals surface area contributed by atoms with Gasteiger partial charge in [0.2, 0.25) is 5.91 Å². The molecule has 0 aliphatic heterocycles. The maximum atomic E-state index is 13.0. The lowest BCUT2D eigenvalue weighted by molar-refractivity contribution is -0.117. The largest absolute Gasteiger partial charge is 0.356 e. The molecule has 1 amide bonds. The number of anilines is 1. The minimum absolute atomic E-state index is 0.288. The maximum absolute atomic E-state index is 13.0. The van der Waals surface area contributed by atoms with Crippen molar-refractivity contribution in [3.05, 3.63) is 75.3 Å². The lowest BCUT2D eigenvalue weighted by atomic mass is 10.1. The fourth-order valence-corrected chi connectivity index (χ4v) is 3.76. The Bertz CT molecular complexity index is 1270. The smallest absolute Gasteiger partial charge is 0.268 e. The highest BCUT2D eigenvalue weighted by Crippen LogP contribution is 2.33. The highest BCUT2D eigenvalue weighted by atomic mass is 32.1. The number of thiophene rings is 1. The summed E-state index contributed by atoms with van der Waals surface area (Å²) in [4.78, 5) is 27.0. The van der Waals surface area contributed by atoms with Crippen molar-refractivity contribution in [1.29, 1.82) is 0 Å². The van der Waals surface area contributed by atoms with E-state index < -0.39 is 17.3 Å². The fourth-order valence-electron chi connectivity index (χ4n) is 2.90. The second-order valence-electron chi connectivity index (χ2n) is 6.70. The van der Waals surface area contributed by atoms with Gasteiger partial charge >= 0.3 is 0 Å². The second kappa shape index (κ2) is 8.03. The van der Waals surface area contributed by atoms with Crippen LogP contribution < -0.4 is 10.9 Å². The number of nitrogens with one attached hydrogen (secondary N) is 1. The van der Waals surface area contributed by atoms with Crippen LogP contribution in [0, 0.1) is 19.7 Å². The number of nitrogens with zero attached hydrogens (tertiary/aromatic N) is 3. The van der Waals surface area contributed by atoms with Crippen LogP contribution in [0.3, 0.4) is 0 Å². The number of aromatic nitrogens is 3. The molecule has 0 aliphatic rings. The number of amides is 1. The Kier molecular flexibility index (Phi) is 5.28. The summed E-state index contributed by atoms with van der Waals surface area (Å²) in [7, 11) is 0. The van der Waals surface area contributed by atoms with Crippen LogP contribution in [-0.4, -0.2) is 20.8 Å². The molecule has 0 bridgehead atoms. The third-order valence-corrected chi connectivity index (χ3v) is 5.29. The first-order chi connectivity index (χ1) is 14.4. The number of benzene rings is 1. The van der Waals surface area contributed by atoms with E-state index in [9.17, 15) is 14.0 Å². The van der Waals surface area contributed by atoms with Crippen LogP contribution in [0.5, 0.6) is 0 Å². The van der Waals surface area contributed by atoms with Gasteiger partial charge in [-0.15, -0.1) is 11.3 Å². The van der Waals surface area contributed by atoms with Gasteiger partial charge in [0.05, 0.1) is 16.1 Å². The molecule has 30 heavy (non-hydrogen) atoms. The summed E-state index contributed by atoms with van der Waals surface area (Å²) in [5, 5.41) is 11.0. The van der Waals surface area contributed by atoms with Crippen molar-refractivity contribution in [2.45, 2.75) is 20.4 Å². The summed E-state index contributed by atoms with van der Waals surface area (Å²) in [6.07, 6.45) is 0. The quantitative estimate of drug-likeness (QED) is 0.523. The zero-order valence-corrected chi connectivity index (χ0v) is 17.0. The van der Waals surface area contributed by atoms with E-state index in [0.29, 0.717) is 28.4 Å². The summed E-state index contributed by atoms with van der Waals surface area (Å²) in [5.74, 6) is -0.422. The topological polar surface area (TPSA) is 90.0 Å². The Morgan fingerprint density at radius 1 is 1.17 bits per heavy atom. The molecule has 0 spiro atoms. The summed E-state index contributed by atoms with van der Waals surface area (Å²) >= 11 is 1.52. The molecule has 1 N–H and O–H groups in total. The van der Waals surface area contributed by atoms with Gasteiger partial charge in [0.1, 0.15) is 18.1 Å². The van der Waals surface area contributed by atoms with Crippen LogP contribution in [0.15, 0.2) is 57.8 Å². The molecule has 0 saturated heterocycles. The number of carbonyl (C=O) groups excluding carboxylic acids is 1. The molecule has 1 aromatic carbocycles. The first kappa shape index (κ1) is 19.7. The van der Waals surface area contributed by atoms with Gasteiger partial charge in [-0.2, -0.15) is 5.10 Å². The Labute approximate surface area is 174 Å². The number of rotatable bonds is 5. The van der Waals surface area contributed by atoms with Gasteiger partial charge < -0.3 is 9.84 Å². The predicted octanol–water partition coefficient (Wildman–Crippen LogP) is 4.02. The van der Waals surface area contributed by atoms with Crippen molar-refractivity contribution in [3.63, 3.8) is 0 Å². The molecule has 3 heterocycles. The number of aryl methyl sites for hydroxylation is 2. The van der Waals surface area contributed by atoms with Crippen molar-refractivity contribution in [2.24, 2.45) is 0 Å². The molecule has 152 valence electrons. The molecule has 0 unspecified atom stereocenters. The Hall–Kier alpha value is -3.59. The van der Waals surface area contributed by atoms with Gasteiger partial charge in [-0.05, 0) is 50.2 Å². The average Bonchev–Trinajstić information content (AvgIpc) is 3.33. The van der Waals surface area contributed by atoms with Gasteiger partial charge in [-0.25, -0.2) is 9.07 Å². The molecule has 0 aliphatic carbocycles. The van der Waals surface area contributed by atoms with E-state index in [2.05, 4.69) is 15.6 Å². The van der Waals surface area contributed by atoms with E-state index in [1.54, 1.807) is 13.0 Å². The van der Waals surface area contributed by atoms with Gasteiger partial charge in [-0.1, -0.05) is 5.16 Å². The van der Waals surface area contributed by atoms with Gasteiger partial charge in [0, 0.05) is 22.7 Å². The summed E-state index contributed by atoms with van der Waals surface area (Å²) in [6.45, 7) is 3.47. The standard InChI is InChI=1S/C21H17FN4O3S/c1-12-9-17(29-25-12)16-10-20(28)26(24-21(16)18-8-3-13(2)30-18)11-19(27)23-15-6-4-14(22)5-7-15/h3-10H,11H2,1-2H3,(H,23,27). The molecule has 0 atom stereocenters.